The Kier molecular flexibility index (Phi) is 4.06. The van der Waals surface area contributed by atoms with Crippen molar-refractivity contribution in [1.29, 1.82) is 0 Å². The zero-order chi connectivity index (χ0) is 17.2. The van der Waals surface area contributed by atoms with E-state index in [4.69, 9.17) is 4.52 Å². The van der Waals surface area contributed by atoms with Crippen LogP contribution in [-0.4, -0.2) is 34.0 Å². The second kappa shape index (κ2) is 6.51. The molecule has 5 heteroatoms. The van der Waals surface area contributed by atoms with Gasteiger partial charge in [-0.05, 0) is 37.1 Å². The summed E-state index contributed by atoms with van der Waals surface area (Å²) in [6, 6.07) is 17.4. The highest BCUT2D eigenvalue weighted by Crippen LogP contribution is 2.28. The van der Waals surface area contributed by atoms with E-state index in [-0.39, 0.29) is 11.8 Å². The monoisotopic (exact) mass is 333 g/mol. The molecule has 5 nitrogen and oxygen atoms in total. The number of carbonyl (C=O) groups is 1. The first-order valence-electron chi connectivity index (χ1n) is 8.46. The molecule has 1 fully saturated rings. The quantitative estimate of drug-likeness (QED) is 0.734. The lowest BCUT2D eigenvalue weighted by Gasteiger charge is -2.17. The van der Waals surface area contributed by atoms with Gasteiger partial charge in [-0.2, -0.15) is 4.98 Å². The highest BCUT2D eigenvalue weighted by Gasteiger charge is 2.31. The number of amides is 1. The Labute approximate surface area is 146 Å². The normalized spacial score (nSPS) is 17.0. The molecule has 0 radical (unpaired) electrons. The van der Waals surface area contributed by atoms with Crippen molar-refractivity contribution < 1.29 is 9.32 Å². The second-order valence-electron chi connectivity index (χ2n) is 6.38. The summed E-state index contributed by atoms with van der Waals surface area (Å²) >= 11 is 0. The molecule has 1 amide bonds. The molecule has 1 aliphatic rings. The van der Waals surface area contributed by atoms with Gasteiger partial charge in [0.15, 0.2) is 5.82 Å². The van der Waals surface area contributed by atoms with Crippen LogP contribution >= 0.6 is 0 Å². The van der Waals surface area contributed by atoms with Gasteiger partial charge in [-0.25, -0.2) is 0 Å². The number of aromatic nitrogens is 2. The molecule has 0 unspecified atom stereocenters. The number of aryl methyl sites for hydroxylation is 1. The third kappa shape index (κ3) is 3.05. The second-order valence-corrected chi connectivity index (χ2v) is 6.38. The van der Waals surface area contributed by atoms with Crippen molar-refractivity contribution in [2.75, 3.05) is 13.1 Å². The Hall–Kier alpha value is -2.95. The number of rotatable bonds is 3. The van der Waals surface area contributed by atoms with Crippen LogP contribution in [-0.2, 0) is 0 Å². The molecule has 0 bridgehead atoms. The summed E-state index contributed by atoms with van der Waals surface area (Å²) in [6.07, 6.45) is 0.853. The zero-order valence-corrected chi connectivity index (χ0v) is 14.1. The number of likely N-dealkylation sites (tertiary alicyclic amines) is 1. The van der Waals surface area contributed by atoms with E-state index in [9.17, 15) is 4.79 Å². The van der Waals surface area contributed by atoms with Gasteiger partial charge >= 0.3 is 0 Å². The SMILES string of the molecule is Cc1ccccc1C(=O)N1CC[C@H](c2noc(-c3ccccc3)n2)C1. The third-order valence-corrected chi connectivity index (χ3v) is 4.68. The molecule has 1 aromatic heterocycles. The summed E-state index contributed by atoms with van der Waals surface area (Å²) in [5.74, 6) is 1.40. The van der Waals surface area contributed by atoms with Gasteiger partial charge in [0.05, 0.1) is 0 Å². The largest absolute Gasteiger partial charge is 0.338 e. The summed E-state index contributed by atoms with van der Waals surface area (Å²) in [5.41, 5.74) is 2.68. The van der Waals surface area contributed by atoms with E-state index in [1.54, 1.807) is 0 Å². The fourth-order valence-electron chi connectivity index (χ4n) is 3.24. The van der Waals surface area contributed by atoms with Crippen LogP contribution in [0.3, 0.4) is 0 Å². The van der Waals surface area contributed by atoms with E-state index < -0.39 is 0 Å². The van der Waals surface area contributed by atoms with E-state index in [1.165, 1.54) is 0 Å². The Morgan fingerprint density at radius 1 is 1.12 bits per heavy atom. The molecular weight excluding hydrogens is 314 g/mol. The minimum absolute atomic E-state index is 0.0763. The molecule has 0 N–H and O–H groups in total. The van der Waals surface area contributed by atoms with Gasteiger partial charge in [0, 0.05) is 30.1 Å². The van der Waals surface area contributed by atoms with Crippen molar-refractivity contribution >= 4 is 5.91 Å². The van der Waals surface area contributed by atoms with Crippen LogP contribution in [0.4, 0.5) is 0 Å². The van der Waals surface area contributed by atoms with Gasteiger partial charge in [0.2, 0.25) is 0 Å². The molecule has 4 rings (SSSR count). The maximum Gasteiger partial charge on any atom is 0.257 e. The number of nitrogens with zero attached hydrogens (tertiary/aromatic N) is 3. The number of benzene rings is 2. The fourth-order valence-corrected chi connectivity index (χ4v) is 3.24. The third-order valence-electron chi connectivity index (χ3n) is 4.68. The molecule has 3 aromatic rings. The first-order valence-corrected chi connectivity index (χ1v) is 8.46. The number of hydrogen-bond acceptors (Lipinski definition) is 4. The molecule has 0 saturated carbocycles. The predicted molar refractivity (Wildman–Crippen MR) is 94.2 cm³/mol. The highest BCUT2D eigenvalue weighted by atomic mass is 16.5. The standard InChI is InChI=1S/C20H19N3O2/c1-14-7-5-6-10-17(14)20(24)23-12-11-16(13-23)18-21-19(25-22-18)15-8-3-2-4-9-15/h2-10,16H,11-13H2,1H3/t16-/m0/s1. The maximum atomic E-state index is 12.7. The topological polar surface area (TPSA) is 59.2 Å². The summed E-state index contributed by atoms with van der Waals surface area (Å²) in [6.45, 7) is 3.31. The predicted octanol–water partition coefficient (Wildman–Crippen LogP) is 3.67. The molecular formula is C20H19N3O2. The van der Waals surface area contributed by atoms with Crippen molar-refractivity contribution in [2.24, 2.45) is 0 Å². The van der Waals surface area contributed by atoms with E-state index >= 15 is 0 Å². The van der Waals surface area contributed by atoms with Gasteiger partial charge in [-0.3, -0.25) is 4.79 Å². The molecule has 1 atom stereocenters. The number of hydrogen-bond donors (Lipinski definition) is 0. The Balaban J connectivity index is 1.49. The van der Waals surface area contributed by atoms with Crippen LogP contribution in [0.1, 0.15) is 34.1 Å². The zero-order valence-electron chi connectivity index (χ0n) is 14.1. The summed E-state index contributed by atoms with van der Waals surface area (Å²) in [7, 11) is 0. The van der Waals surface area contributed by atoms with E-state index in [0.717, 1.165) is 23.1 Å². The molecule has 0 spiro atoms. The minimum Gasteiger partial charge on any atom is -0.338 e. The molecule has 126 valence electrons. The Morgan fingerprint density at radius 2 is 1.88 bits per heavy atom. The van der Waals surface area contributed by atoms with Crippen molar-refractivity contribution in [3.8, 4) is 11.5 Å². The van der Waals surface area contributed by atoms with E-state index in [2.05, 4.69) is 10.1 Å². The minimum atomic E-state index is 0.0763. The molecule has 1 saturated heterocycles. The lowest BCUT2D eigenvalue weighted by atomic mass is 10.1. The van der Waals surface area contributed by atoms with Crippen molar-refractivity contribution in [3.63, 3.8) is 0 Å². The van der Waals surface area contributed by atoms with Crippen molar-refractivity contribution in [1.82, 2.24) is 15.0 Å². The maximum absolute atomic E-state index is 12.7. The van der Waals surface area contributed by atoms with Crippen molar-refractivity contribution in [2.45, 2.75) is 19.3 Å². The van der Waals surface area contributed by atoms with Crippen LogP contribution < -0.4 is 0 Å². The van der Waals surface area contributed by atoms with Crippen LogP contribution in [0, 0.1) is 6.92 Å². The van der Waals surface area contributed by atoms with E-state index in [1.807, 2.05) is 66.4 Å². The summed E-state index contributed by atoms with van der Waals surface area (Å²) in [4.78, 5) is 19.1. The van der Waals surface area contributed by atoms with Gasteiger partial charge in [0.1, 0.15) is 0 Å². The Morgan fingerprint density at radius 3 is 2.68 bits per heavy atom. The molecule has 0 aliphatic carbocycles. The summed E-state index contributed by atoms with van der Waals surface area (Å²) in [5, 5.41) is 4.13. The highest BCUT2D eigenvalue weighted by molar-refractivity contribution is 5.95. The van der Waals surface area contributed by atoms with Crippen LogP contribution in [0.2, 0.25) is 0 Å². The lowest BCUT2D eigenvalue weighted by molar-refractivity contribution is 0.0789. The number of carbonyl (C=O) groups excluding carboxylic acids is 1. The van der Waals surface area contributed by atoms with Gasteiger partial charge in [-0.15, -0.1) is 0 Å². The fraction of sp³-hybridized carbons (Fsp3) is 0.250. The van der Waals surface area contributed by atoms with Crippen LogP contribution in [0.25, 0.3) is 11.5 Å². The first kappa shape index (κ1) is 15.6. The Bertz CT molecular complexity index is 889. The molecule has 1 aliphatic heterocycles. The van der Waals surface area contributed by atoms with Crippen LogP contribution in [0.15, 0.2) is 59.1 Å². The van der Waals surface area contributed by atoms with Crippen molar-refractivity contribution in [3.05, 3.63) is 71.5 Å². The lowest BCUT2D eigenvalue weighted by Crippen LogP contribution is -2.29. The molecule has 25 heavy (non-hydrogen) atoms. The average molecular weight is 333 g/mol. The smallest absolute Gasteiger partial charge is 0.257 e. The first-order chi connectivity index (χ1) is 12.2. The molecule has 2 aromatic carbocycles. The van der Waals surface area contributed by atoms with E-state index in [0.29, 0.717) is 24.8 Å². The van der Waals surface area contributed by atoms with Gasteiger partial charge in [-0.1, -0.05) is 41.6 Å². The molecule has 2 heterocycles. The van der Waals surface area contributed by atoms with Gasteiger partial charge in [0.25, 0.3) is 11.8 Å². The average Bonchev–Trinajstić information content (AvgIpc) is 3.32. The van der Waals surface area contributed by atoms with Gasteiger partial charge < -0.3 is 9.42 Å². The van der Waals surface area contributed by atoms with Crippen LogP contribution in [0.5, 0.6) is 0 Å². The summed E-state index contributed by atoms with van der Waals surface area (Å²) < 4.78 is 5.40.